The molecule has 8 nitrogen and oxygen atoms in total. The van der Waals surface area contributed by atoms with Gasteiger partial charge in [0.1, 0.15) is 13.2 Å². The van der Waals surface area contributed by atoms with E-state index in [4.69, 9.17) is 9.05 Å². The van der Waals surface area contributed by atoms with Crippen molar-refractivity contribution in [3.63, 3.8) is 0 Å². The number of likely N-dealkylation sites (N-methyl/N-ethyl adjacent to an activating group) is 1. The van der Waals surface area contributed by atoms with E-state index in [1.807, 2.05) is 27.2 Å². The van der Waals surface area contributed by atoms with E-state index < -0.39 is 20.0 Å². The van der Waals surface area contributed by atoms with Gasteiger partial charge in [-0.15, -0.1) is 0 Å². The molecule has 0 bridgehead atoms. The SMILES string of the molecule is CCCC/C=C/CC/C=C/CC/C=C/C(O)C(COP(=O)(O)OCC[N+](C)(C)C)NC(=O)CCCCCCCCCCCCCCCCCCCCCCCCCCCCC/C=C\C/C=C\CCCCCCC. The molecule has 0 aliphatic rings. The lowest BCUT2D eigenvalue weighted by atomic mass is 10.0. The summed E-state index contributed by atoms with van der Waals surface area (Å²) in [6, 6.07) is -0.868. The number of rotatable bonds is 57. The lowest BCUT2D eigenvalue weighted by Crippen LogP contribution is -2.45. The Kier molecular flexibility index (Phi) is 53.6. The van der Waals surface area contributed by atoms with E-state index in [9.17, 15) is 19.4 Å². The molecule has 73 heavy (non-hydrogen) atoms. The molecule has 428 valence electrons. The fourth-order valence-electron chi connectivity index (χ4n) is 9.03. The Morgan fingerprint density at radius 3 is 1.22 bits per heavy atom. The molecule has 0 aromatic rings. The lowest BCUT2D eigenvalue weighted by Gasteiger charge is -2.25. The van der Waals surface area contributed by atoms with Crippen LogP contribution in [0.25, 0.3) is 0 Å². The first kappa shape index (κ1) is 71.2. The van der Waals surface area contributed by atoms with Crippen LogP contribution < -0.4 is 5.32 Å². The number of carbonyl (C=O) groups is 1. The number of hydrogen-bond acceptors (Lipinski definition) is 5. The minimum atomic E-state index is -4.35. The summed E-state index contributed by atoms with van der Waals surface area (Å²) in [7, 11) is 1.55. The van der Waals surface area contributed by atoms with Gasteiger partial charge in [-0.3, -0.25) is 13.8 Å². The molecule has 0 saturated heterocycles. The maximum absolute atomic E-state index is 12.9. The van der Waals surface area contributed by atoms with Crippen molar-refractivity contribution >= 4 is 13.7 Å². The Balaban J connectivity index is 3.87. The van der Waals surface area contributed by atoms with Crippen molar-refractivity contribution in [1.29, 1.82) is 0 Å². The van der Waals surface area contributed by atoms with Crippen molar-refractivity contribution in [3.05, 3.63) is 60.8 Å². The number of nitrogens with one attached hydrogen (secondary N) is 1. The van der Waals surface area contributed by atoms with Crippen molar-refractivity contribution in [1.82, 2.24) is 5.32 Å². The molecule has 0 aromatic carbocycles. The highest BCUT2D eigenvalue weighted by Crippen LogP contribution is 2.43. The first-order chi connectivity index (χ1) is 35.5. The number of unbranched alkanes of at least 4 members (excludes halogenated alkanes) is 36. The van der Waals surface area contributed by atoms with E-state index >= 15 is 0 Å². The van der Waals surface area contributed by atoms with Crippen LogP contribution in [-0.4, -0.2) is 73.4 Å². The lowest BCUT2D eigenvalue weighted by molar-refractivity contribution is -0.870. The summed E-state index contributed by atoms with van der Waals surface area (Å²) < 4.78 is 23.6. The molecule has 0 heterocycles. The van der Waals surface area contributed by atoms with Gasteiger partial charge < -0.3 is 19.8 Å². The second kappa shape index (κ2) is 55.0. The van der Waals surface area contributed by atoms with Crippen LogP contribution >= 0.6 is 7.82 Å². The maximum atomic E-state index is 12.9. The Hall–Kier alpha value is -1.80. The molecule has 0 radical (unpaired) electrons. The Morgan fingerprint density at radius 1 is 0.466 bits per heavy atom. The zero-order valence-corrected chi connectivity index (χ0v) is 49.8. The van der Waals surface area contributed by atoms with Gasteiger partial charge in [0.15, 0.2) is 0 Å². The average molecular weight is 1050 g/mol. The van der Waals surface area contributed by atoms with Crippen LogP contribution in [0.1, 0.15) is 290 Å². The van der Waals surface area contributed by atoms with Gasteiger partial charge in [-0.1, -0.05) is 274 Å². The molecule has 3 unspecified atom stereocenters. The number of carbonyl (C=O) groups excluding carboxylic acids is 1. The fourth-order valence-corrected chi connectivity index (χ4v) is 9.77. The van der Waals surface area contributed by atoms with Crippen LogP contribution in [0.2, 0.25) is 0 Å². The Labute approximate surface area is 453 Å². The van der Waals surface area contributed by atoms with E-state index in [-0.39, 0.29) is 19.1 Å². The molecular formula is C64H122N2O6P+. The van der Waals surface area contributed by atoms with Gasteiger partial charge in [-0.05, 0) is 70.6 Å². The van der Waals surface area contributed by atoms with Gasteiger partial charge in [0.05, 0.1) is 39.9 Å². The third-order valence-electron chi connectivity index (χ3n) is 13.9. The molecule has 3 atom stereocenters. The summed E-state index contributed by atoms with van der Waals surface area (Å²) in [5.74, 6) is -0.189. The van der Waals surface area contributed by atoms with E-state index in [0.717, 1.165) is 57.8 Å². The van der Waals surface area contributed by atoms with Crippen LogP contribution in [0.3, 0.4) is 0 Å². The summed E-state index contributed by atoms with van der Waals surface area (Å²) in [6.45, 7) is 4.74. The van der Waals surface area contributed by atoms with Crippen LogP contribution in [0.15, 0.2) is 60.8 Å². The predicted molar refractivity (Wildman–Crippen MR) is 318 cm³/mol. The molecule has 0 fully saturated rings. The third-order valence-corrected chi connectivity index (χ3v) is 14.9. The van der Waals surface area contributed by atoms with E-state index in [1.165, 1.54) is 212 Å². The summed E-state index contributed by atoms with van der Waals surface area (Å²) in [5, 5.41) is 13.8. The second-order valence-electron chi connectivity index (χ2n) is 22.4. The molecule has 1 amide bonds. The minimum absolute atomic E-state index is 0.0535. The topological polar surface area (TPSA) is 105 Å². The highest BCUT2D eigenvalue weighted by molar-refractivity contribution is 7.47. The van der Waals surface area contributed by atoms with E-state index in [0.29, 0.717) is 17.4 Å². The van der Waals surface area contributed by atoms with Gasteiger partial charge in [0, 0.05) is 6.42 Å². The second-order valence-corrected chi connectivity index (χ2v) is 23.9. The molecule has 0 aliphatic heterocycles. The number of aliphatic hydroxyl groups excluding tert-OH is 1. The Morgan fingerprint density at radius 2 is 0.808 bits per heavy atom. The van der Waals surface area contributed by atoms with Crippen LogP contribution in [0.5, 0.6) is 0 Å². The zero-order valence-electron chi connectivity index (χ0n) is 48.9. The van der Waals surface area contributed by atoms with Crippen LogP contribution in [-0.2, 0) is 18.4 Å². The number of allylic oxidation sites excluding steroid dienone is 9. The average Bonchev–Trinajstić information content (AvgIpc) is 3.35. The summed E-state index contributed by atoms with van der Waals surface area (Å²) in [4.78, 5) is 23.2. The third kappa shape index (κ3) is 57.7. The van der Waals surface area contributed by atoms with Crippen molar-refractivity contribution in [2.24, 2.45) is 0 Å². The summed E-state index contributed by atoms with van der Waals surface area (Å²) in [5.41, 5.74) is 0. The van der Waals surface area contributed by atoms with Crippen LogP contribution in [0.4, 0.5) is 0 Å². The standard InChI is InChI=1S/C64H121N2O6P/c1-6-8-10-12-14-16-18-20-21-22-23-24-25-26-27-28-29-30-31-32-33-34-35-36-37-38-39-40-41-42-43-44-45-46-48-50-52-54-56-58-64(68)65-62(61-72-73(69,70)71-60-59-66(3,4)5)63(67)57-55-53-51-49-47-19-17-15-13-11-9-7-2/h13,15,18,20,22-23,47,49,55,57,62-63,67H,6-12,14,16-17,19,21,24-46,48,50-54,56,58-61H2,1-5H3,(H-,65,68,69,70)/p+1/b15-13+,20-18-,23-22-,49-47+,57-55+. The molecule has 0 aromatic heterocycles. The van der Waals surface area contributed by atoms with Crippen molar-refractivity contribution in [3.8, 4) is 0 Å². The minimum Gasteiger partial charge on any atom is -0.387 e. The molecule has 0 saturated carbocycles. The largest absolute Gasteiger partial charge is 0.472 e. The number of nitrogens with zero attached hydrogens (tertiary/aromatic N) is 1. The highest BCUT2D eigenvalue weighted by Gasteiger charge is 2.27. The highest BCUT2D eigenvalue weighted by atomic mass is 31.2. The Bertz CT molecular complexity index is 1370. The van der Waals surface area contributed by atoms with Gasteiger partial charge in [-0.2, -0.15) is 0 Å². The number of aliphatic hydroxyl groups is 1. The van der Waals surface area contributed by atoms with Crippen LogP contribution in [0, 0.1) is 0 Å². The number of hydrogen-bond donors (Lipinski definition) is 3. The number of phosphoric ester groups is 1. The predicted octanol–water partition coefficient (Wildman–Crippen LogP) is 19.3. The number of quaternary nitrogens is 1. The summed E-state index contributed by atoms with van der Waals surface area (Å²) in [6.07, 6.45) is 75.2. The molecule has 9 heteroatoms. The number of phosphoric acid groups is 1. The normalized spacial score (nSPS) is 14.2. The van der Waals surface area contributed by atoms with Crippen molar-refractivity contribution < 1.29 is 32.9 Å². The van der Waals surface area contributed by atoms with Gasteiger partial charge >= 0.3 is 7.82 Å². The molecule has 3 N–H and O–H groups in total. The fraction of sp³-hybridized carbons (Fsp3) is 0.828. The molecule has 0 aliphatic carbocycles. The molecule has 0 rings (SSSR count). The van der Waals surface area contributed by atoms with E-state index in [2.05, 4.69) is 67.8 Å². The zero-order chi connectivity index (χ0) is 53.5. The van der Waals surface area contributed by atoms with Gasteiger partial charge in [-0.25, -0.2) is 4.57 Å². The maximum Gasteiger partial charge on any atom is 0.472 e. The smallest absolute Gasteiger partial charge is 0.387 e. The van der Waals surface area contributed by atoms with Crippen molar-refractivity contribution in [2.45, 2.75) is 302 Å². The number of amides is 1. The van der Waals surface area contributed by atoms with Gasteiger partial charge in [0.2, 0.25) is 5.91 Å². The van der Waals surface area contributed by atoms with E-state index in [1.54, 1.807) is 6.08 Å². The van der Waals surface area contributed by atoms with Gasteiger partial charge in [0.25, 0.3) is 0 Å². The summed E-state index contributed by atoms with van der Waals surface area (Å²) >= 11 is 0. The molecular weight excluding hydrogens is 924 g/mol. The molecule has 0 spiro atoms. The quantitative estimate of drug-likeness (QED) is 0.0243. The first-order valence-corrected chi connectivity index (χ1v) is 32.7. The first-order valence-electron chi connectivity index (χ1n) is 31.2. The monoisotopic (exact) mass is 1050 g/mol. The van der Waals surface area contributed by atoms with Crippen molar-refractivity contribution in [2.75, 3.05) is 40.9 Å².